The van der Waals surface area contributed by atoms with Gasteiger partial charge in [-0.2, -0.15) is 0 Å². The van der Waals surface area contributed by atoms with Crippen molar-refractivity contribution in [3.05, 3.63) is 65.6 Å². The molecular weight excluding hydrogens is 298 g/mol. The first-order valence-electron chi connectivity index (χ1n) is 8.63. The van der Waals surface area contributed by atoms with Crippen molar-refractivity contribution in [2.45, 2.75) is 31.6 Å². The lowest BCUT2D eigenvalue weighted by atomic mass is 9.90. The van der Waals surface area contributed by atoms with Crippen LogP contribution in [0, 0.1) is 0 Å². The lowest BCUT2D eigenvalue weighted by Crippen LogP contribution is -2.48. The van der Waals surface area contributed by atoms with E-state index >= 15 is 0 Å². The number of para-hydroxylation sites is 1. The van der Waals surface area contributed by atoms with E-state index in [-0.39, 0.29) is 0 Å². The number of anilines is 1. The standard InChI is InChI=1S/C20H21N3O/c24-15-19-6-5-18-3-1-2-4-20(18)23(19)22-13-9-17(10-14-22)16-7-11-21-12-8-16/h1-4,7-8,11-12,17H,5-6,9-10,13-14H2. The highest BCUT2D eigenvalue weighted by Crippen LogP contribution is 2.36. The molecule has 4 rings (SSSR count). The molecule has 4 nitrogen and oxygen atoms in total. The van der Waals surface area contributed by atoms with Crippen LogP contribution in [-0.2, 0) is 11.2 Å². The molecule has 0 bridgehead atoms. The molecule has 4 heteroatoms. The van der Waals surface area contributed by atoms with E-state index in [0.29, 0.717) is 5.92 Å². The first kappa shape index (κ1) is 15.1. The summed E-state index contributed by atoms with van der Waals surface area (Å²) in [6, 6.07) is 12.6. The summed E-state index contributed by atoms with van der Waals surface area (Å²) in [5.41, 5.74) is 4.59. The number of benzene rings is 1. The Kier molecular flexibility index (Phi) is 4.16. The number of hydrogen-bond donors (Lipinski definition) is 0. The Morgan fingerprint density at radius 1 is 1.00 bits per heavy atom. The average molecular weight is 319 g/mol. The number of allylic oxidation sites excluding steroid dienone is 1. The molecule has 0 spiro atoms. The van der Waals surface area contributed by atoms with Gasteiger partial charge in [0, 0.05) is 31.9 Å². The Balaban J connectivity index is 1.55. The molecule has 3 heterocycles. The Morgan fingerprint density at radius 2 is 1.75 bits per heavy atom. The first-order chi connectivity index (χ1) is 11.9. The van der Waals surface area contributed by atoms with Crippen LogP contribution in [0.4, 0.5) is 5.69 Å². The van der Waals surface area contributed by atoms with E-state index in [4.69, 9.17) is 0 Å². The Morgan fingerprint density at radius 3 is 2.50 bits per heavy atom. The molecule has 0 radical (unpaired) electrons. The van der Waals surface area contributed by atoms with E-state index in [0.717, 1.165) is 50.2 Å². The summed E-state index contributed by atoms with van der Waals surface area (Å²) in [6.45, 7) is 1.90. The molecule has 0 saturated carbocycles. The molecule has 2 aliphatic rings. The number of piperidine rings is 1. The highest BCUT2D eigenvalue weighted by Gasteiger charge is 2.30. The number of fused-ring (bicyclic) bond motifs is 1. The molecule has 1 aromatic heterocycles. The number of rotatable bonds is 2. The SMILES string of the molecule is O=C=C1CCc2ccccc2N1N1CCC(c2ccncc2)CC1. The van der Waals surface area contributed by atoms with Gasteiger partial charge in [0.25, 0.3) is 0 Å². The lowest BCUT2D eigenvalue weighted by Gasteiger charge is -2.43. The summed E-state index contributed by atoms with van der Waals surface area (Å²) < 4.78 is 0. The van der Waals surface area contributed by atoms with Gasteiger partial charge in [-0.3, -0.25) is 9.99 Å². The molecule has 0 amide bonds. The van der Waals surface area contributed by atoms with Crippen molar-refractivity contribution < 1.29 is 4.79 Å². The van der Waals surface area contributed by atoms with Gasteiger partial charge in [-0.15, -0.1) is 0 Å². The van der Waals surface area contributed by atoms with Gasteiger partial charge in [0.1, 0.15) is 11.6 Å². The van der Waals surface area contributed by atoms with Crippen LogP contribution in [-0.4, -0.2) is 29.0 Å². The summed E-state index contributed by atoms with van der Waals surface area (Å²) in [5, 5.41) is 4.44. The van der Waals surface area contributed by atoms with Gasteiger partial charge in [0.2, 0.25) is 0 Å². The van der Waals surface area contributed by atoms with Crippen molar-refractivity contribution in [2.24, 2.45) is 0 Å². The van der Waals surface area contributed by atoms with Crippen LogP contribution in [0.1, 0.15) is 36.3 Å². The highest BCUT2D eigenvalue weighted by molar-refractivity contribution is 5.68. The van der Waals surface area contributed by atoms with Crippen molar-refractivity contribution in [1.29, 1.82) is 0 Å². The normalized spacial score (nSPS) is 19.0. The van der Waals surface area contributed by atoms with Crippen molar-refractivity contribution in [3.63, 3.8) is 0 Å². The molecular formula is C20H21N3O. The molecule has 1 saturated heterocycles. The van der Waals surface area contributed by atoms with Crippen LogP contribution in [0.5, 0.6) is 0 Å². The van der Waals surface area contributed by atoms with E-state index < -0.39 is 0 Å². The fraction of sp³-hybridized carbons (Fsp3) is 0.350. The zero-order valence-electron chi connectivity index (χ0n) is 13.7. The average Bonchev–Trinajstić information content (AvgIpc) is 2.68. The molecule has 0 atom stereocenters. The maximum absolute atomic E-state index is 11.5. The second kappa shape index (κ2) is 6.60. The van der Waals surface area contributed by atoms with Gasteiger partial charge in [-0.05, 0) is 54.5 Å². The van der Waals surface area contributed by atoms with Gasteiger partial charge < -0.3 is 0 Å². The van der Waals surface area contributed by atoms with Crippen LogP contribution < -0.4 is 5.01 Å². The summed E-state index contributed by atoms with van der Waals surface area (Å²) in [4.78, 5) is 15.6. The minimum atomic E-state index is 0.577. The summed E-state index contributed by atoms with van der Waals surface area (Å²) in [6.07, 6.45) is 7.62. The zero-order valence-corrected chi connectivity index (χ0v) is 13.7. The van der Waals surface area contributed by atoms with Crippen LogP contribution in [0.2, 0.25) is 0 Å². The maximum atomic E-state index is 11.5. The smallest absolute Gasteiger partial charge is 0.147 e. The van der Waals surface area contributed by atoms with Gasteiger partial charge in [-0.25, -0.2) is 9.80 Å². The van der Waals surface area contributed by atoms with Crippen LogP contribution in [0.25, 0.3) is 0 Å². The number of hydrazine groups is 1. The van der Waals surface area contributed by atoms with Crippen molar-refractivity contribution in [3.8, 4) is 0 Å². The number of hydrogen-bond acceptors (Lipinski definition) is 4. The Labute approximate surface area is 142 Å². The van der Waals surface area contributed by atoms with E-state index in [9.17, 15) is 4.79 Å². The number of pyridine rings is 1. The van der Waals surface area contributed by atoms with Gasteiger partial charge >= 0.3 is 0 Å². The number of aromatic nitrogens is 1. The maximum Gasteiger partial charge on any atom is 0.147 e. The van der Waals surface area contributed by atoms with E-state index in [1.807, 2.05) is 18.5 Å². The third-order valence-corrected chi connectivity index (χ3v) is 5.16. The largest absolute Gasteiger partial charge is 0.267 e. The highest BCUT2D eigenvalue weighted by atomic mass is 16.1. The predicted molar refractivity (Wildman–Crippen MR) is 94.2 cm³/mol. The molecule has 24 heavy (non-hydrogen) atoms. The summed E-state index contributed by atoms with van der Waals surface area (Å²) in [7, 11) is 0. The van der Waals surface area contributed by atoms with Crippen LogP contribution in [0.15, 0.2) is 54.5 Å². The summed E-state index contributed by atoms with van der Waals surface area (Å²) >= 11 is 0. The fourth-order valence-corrected chi connectivity index (χ4v) is 3.89. The topological polar surface area (TPSA) is 36.4 Å². The van der Waals surface area contributed by atoms with Crippen molar-refractivity contribution >= 4 is 11.6 Å². The third kappa shape index (κ3) is 2.75. The van der Waals surface area contributed by atoms with E-state index in [1.165, 1.54) is 11.1 Å². The second-order valence-electron chi connectivity index (χ2n) is 6.50. The second-order valence-corrected chi connectivity index (χ2v) is 6.50. The monoisotopic (exact) mass is 319 g/mol. The lowest BCUT2D eigenvalue weighted by molar-refractivity contribution is 0.203. The molecule has 0 unspecified atom stereocenters. The van der Waals surface area contributed by atoms with Gasteiger partial charge in [0.15, 0.2) is 0 Å². The minimum absolute atomic E-state index is 0.577. The molecule has 1 aromatic carbocycles. The molecule has 0 N–H and O–H groups in total. The van der Waals surface area contributed by atoms with Gasteiger partial charge in [0.05, 0.1) is 5.69 Å². The fourth-order valence-electron chi connectivity index (χ4n) is 3.89. The van der Waals surface area contributed by atoms with E-state index in [1.54, 1.807) is 0 Å². The van der Waals surface area contributed by atoms with Crippen LogP contribution in [0.3, 0.4) is 0 Å². The quantitative estimate of drug-likeness (QED) is 0.796. The number of carbonyl (C=O) groups excluding carboxylic acids is 1. The van der Waals surface area contributed by atoms with Crippen LogP contribution >= 0.6 is 0 Å². The summed E-state index contributed by atoms with van der Waals surface area (Å²) in [5.74, 6) is 2.75. The Hall–Kier alpha value is -2.42. The van der Waals surface area contributed by atoms with Crippen molar-refractivity contribution in [2.75, 3.05) is 18.1 Å². The molecule has 1 fully saturated rings. The Bertz CT molecular complexity index is 759. The number of nitrogens with zero attached hydrogens (tertiary/aromatic N) is 3. The predicted octanol–water partition coefficient (Wildman–Crippen LogP) is 3.34. The first-order valence-corrected chi connectivity index (χ1v) is 8.63. The van der Waals surface area contributed by atoms with Gasteiger partial charge in [-0.1, -0.05) is 18.2 Å². The van der Waals surface area contributed by atoms with Crippen molar-refractivity contribution in [1.82, 2.24) is 9.99 Å². The number of aryl methyl sites for hydroxylation is 1. The third-order valence-electron chi connectivity index (χ3n) is 5.16. The van der Waals surface area contributed by atoms with E-state index in [2.05, 4.69) is 51.3 Å². The molecule has 2 aromatic rings. The molecule has 2 aliphatic heterocycles. The zero-order chi connectivity index (χ0) is 16.4. The molecule has 122 valence electrons. The molecule has 0 aliphatic carbocycles. The minimum Gasteiger partial charge on any atom is -0.267 e.